The van der Waals surface area contributed by atoms with Crippen LogP contribution < -0.4 is 34.7 Å². The zero-order valence-electron chi connectivity index (χ0n) is 18.6. The number of hydrogen-bond donors (Lipinski definition) is 0. The second-order valence-electron chi connectivity index (χ2n) is 7.95. The summed E-state index contributed by atoms with van der Waals surface area (Å²) in [4.78, 5) is 7.04. The molecular formula is C25H33N2NaO2. The van der Waals surface area contributed by atoms with E-state index in [1.54, 1.807) is 18.3 Å². The van der Waals surface area contributed by atoms with Crippen LogP contribution in [-0.2, 0) is 11.3 Å². The Morgan fingerprint density at radius 1 is 0.967 bits per heavy atom. The first-order valence-electron chi connectivity index (χ1n) is 10.9. The van der Waals surface area contributed by atoms with Crippen molar-refractivity contribution in [3.8, 4) is 5.75 Å². The maximum absolute atomic E-state index is 11.8. The molecule has 1 saturated carbocycles. The summed E-state index contributed by atoms with van der Waals surface area (Å²) in [5.74, 6) is 0.0121. The van der Waals surface area contributed by atoms with E-state index in [1.807, 2.05) is 24.3 Å². The Balaban J connectivity index is 0.000000468. The van der Waals surface area contributed by atoms with E-state index in [9.17, 15) is 5.11 Å². The first-order valence-corrected chi connectivity index (χ1v) is 10.9. The molecule has 4 rings (SSSR count). The van der Waals surface area contributed by atoms with E-state index in [0.29, 0.717) is 11.6 Å². The molecule has 0 radical (unpaired) electrons. The second kappa shape index (κ2) is 14.0. The molecule has 5 heteroatoms. The number of nitrogens with zero attached hydrogens (tertiary/aromatic N) is 2. The van der Waals surface area contributed by atoms with Gasteiger partial charge in [-0.2, -0.15) is 0 Å². The van der Waals surface area contributed by atoms with E-state index in [0.717, 1.165) is 25.4 Å². The van der Waals surface area contributed by atoms with Gasteiger partial charge in [0, 0.05) is 32.0 Å². The molecule has 2 aromatic carbocycles. The summed E-state index contributed by atoms with van der Waals surface area (Å²) in [5.41, 5.74) is 2.79. The zero-order valence-corrected chi connectivity index (χ0v) is 20.6. The predicted octanol–water partition coefficient (Wildman–Crippen LogP) is 2.08. The van der Waals surface area contributed by atoms with E-state index in [1.165, 1.54) is 50.5 Å². The Morgan fingerprint density at radius 2 is 1.63 bits per heavy atom. The van der Waals surface area contributed by atoms with E-state index >= 15 is 0 Å². The van der Waals surface area contributed by atoms with Crippen molar-refractivity contribution in [3.05, 3.63) is 59.7 Å². The third kappa shape index (κ3) is 8.16. The number of hydrogen-bond acceptors (Lipinski definition) is 4. The largest absolute Gasteiger partial charge is 1.00 e. The van der Waals surface area contributed by atoms with Crippen molar-refractivity contribution in [1.82, 2.24) is 4.90 Å². The van der Waals surface area contributed by atoms with Crippen molar-refractivity contribution >= 4 is 11.9 Å². The fourth-order valence-electron chi connectivity index (χ4n) is 3.93. The average molecular weight is 417 g/mol. The summed E-state index contributed by atoms with van der Waals surface area (Å²) in [5, 5.41) is 11.8. The van der Waals surface area contributed by atoms with Crippen molar-refractivity contribution in [3.63, 3.8) is 0 Å². The summed E-state index contributed by atoms with van der Waals surface area (Å²) in [6, 6.07) is 15.9. The minimum absolute atomic E-state index is 0. The molecule has 2 aliphatic rings. The van der Waals surface area contributed by atoms with E-state index in [2.05, 4.69) is 29.1 Å². The molecule has 30 heavy (non-hydrogen) atoms. The Hall–Kier alpha value is -1.17. The molecule has 0 atom stereocenters. The van der Waals surface area contributed by atoms with Gasteiger partial charge in [-0.3, -0.25) is 9.89 Å². The average Bonchev–Trinajstić information content (AvgIpc) is 3.35. The van der Waals surface area contributed by atoms with Gasteiger partial charge >= 0.3 is 29.6 Å². The Labute approximate surface area is 203 Å². The van der Waals surface area contributed by atoms with Gasteiger partial charge in [0.05, 0.1) is 5.69 Å². The number of para-hydroxylation sites is 2. The number of aliphatic imine (C=N–C) groups is 1. The van der Waals surface area contributed by atoms with Crippen LogP contribution in [0.15, 0.2) is 53.5 Å². The van der Waals surface area contributed by atoms with Gasteiger partial charge in [0.1, 0.15) is 0 Å². The standard InChI is InChI=1S/C21H26N2O.C4H8O.Na/c1-23(19-11-3-2-4-12-19)16-18-10-5-7-13-20(18)22-15-17-9-6-8-14-21(17)24;1-2-4-5-3-1;/h5-10,13-15,19,24H,2-4,11-12,16H2,1H3;1-4H2;/q;;+1/p-1. The molecular weight excluding hydrogens is 383 g/mol. The molecule has 1 aliphatic carbocycles. The first-order chi connectivity index (χ1) is 14.2. The van der Waals surface area contributed by atoms with Gasteiger partial charge in [-0.25, -0.2) is 0 Å². The van der Waals surface area contributed by atoms with Crippen molar-refractivity contribution in [2.75, 3.05) is 20.3 Å². The summed E-state index contributed by atoms with van der Waals surface area (Å²) in [6.45, 7) is 2.90. The summed E-state index contributed by atoms with van der Waals surface area (Å²) in [6.07, 6.45) is 10.9. The molecule has 0 amide bonds. The molecule has 1 heterocycles. The normalized spacial score (nSPS) is 16.9. The molecule has 0 unspecified atom stereocenters. The molecule has 2 fully saturated rings. The Bertz CT molecular complexity index is 764. The molecule has 1 saturated heterocycles. The minimum Gasteiger partial charge on any atom is -0.872 e. The molecule has 0 aromatic heterocycles. The van der Waals surface area contributed by atoms with Crippen LogP contribution in [0, 0.1) is 0 Å². The van der Waals surface area contributed by atoms with Crippen molar-refractivity contribution in [2.24, 2.45) is 4.99 Å². The number of rotatable bonds is 5. The van der Waals surface area contributed by atoms with Crippen LogP contribution in [0.1, 0.15) is 56.1 Å². The van der Waals surface area contributed by atoms with E-state index in [-0.39, 0.29) is 35.3 Å². The number of benzene rings is 2. The fraction of sp³-hybridized carbons (Fsp3) is 0.480. The summed E-state index contributed by atoms with van der Waals surface area (Å²) in [7, 11) is 2.21. The topological polar surface area (TPSA) is 47.9 Å². The van der Waals surface area contributed by atoms with E-state index in [4.69, 9.17) is 4.74 Å². The quantitative estimate of drug-likeness (QED) is 0.554. The van der Waals surface area contributed by atoms with Crippen LogP contribution in [0.25, 0.3) is 0 Å². The van der Waals surface area contributed by atoms with Crippen LogP contribution in [-0.4, -0.2) is 37.4 Å². The van der Waals surface area contributed by atoms with Gasteiger partial charge in [-0.15, -0.1) is 5.75 Å². The van der Waals surface area contributed by atoms with Crippen LogP contribution in [0.3, 0.4) is 0 Å². The SMILES string of the molecule is C1CCOC1.CN(Cc1ccccc1N=Cc1ccccc1[O-])C1CCCCC1.[Na+]. The van der Waals surface area contributed by atoms with Gasteiger partial charge < -0.3 is 9.84 Å². The Kier molecular flexibility index (Phi) is 11.7. The van der Waals surface area contributed by atoms with Gasteiger partial charge in [0.25, 0.3) is 0 Å². The number of ether oxygens (including phenoxy) is 1. The van der Waals surface area contributed by atoms with Crippen molar-refractivity contribution < 1.29 is 39.4 Å². The zero-order chi connectivity index (χ0) is 20.3. The monoisotopic (exact) mass is 416 g/mol. The molecule has 0 N–H and O–H groups in total. The molecule has 0 spiro atoms. The van der Waals surface area contributed by atoms with Crippen LogP contribution in [0.4, 0.5) is 5.69 Å². The van der Waals surface area contributed by atoms with Gasteiger partial charge in [-0.05, 0) is 49.9 Å². The van der Waals surface area contributed by atoms with Crippen molar-refractivity contribution in [2.45, 2.75) is 57.5 Å². The maximum Gasteiger partial charge on any atom is 1.00 e. The van der Waals surface area contributed by atoms with Gasteiger partial charge in [0.2, 0.25) is 0 Å². The van der Waals surface area contributed by atoms with Crippen LogP contribution >= 0.6 is 0 Å². The third-order valence-corrected chi connectivity index (χ3v) is 5.70. The smallest absolute Gasteiger partial charge is 0.872 e. The molecule has 156 valence electrons. The molecule has 0 bridgehead atoms. The van der Waals surface area contributed by atoms with Crippen molar-refractivity contribution in [1.29, 1.82) is 0 Å². The Morgan fingerprint density at radius 3 is 2.30 bits per heavy atom. The van der Waals surface area contributed by atoms with Gasteiger partial charge in [-0.1, -0.05) is 61.7 Å². The minimum atomic E-state index is 0. The molecule has 2 aromatic rings. The van der Waals surface area contributed by atoms with E-state index < -0.39 is 0 Å². The summed E-state index contributed by atoms with van der Waals surface area (Å²) >= 11 is 0. The summed E-state index contributed by atoms with van der Waals surface area (Å²) < 4.78 is 4.94. The molecule has 4 nitrogen and oxygen atoms in total. The molecule has 1 aliphatic heterocycles. The van der Waals surface area contributed by atoms with Gasteiger partial charge in [0.15, 0.2) is 0 Å². The maximum atomic E-state index is 11.8. The fourth-order valence-corrected chi connectivity index (χ4v) is 3.93. The third-order valence-electron chi connectivity index (χ3n) is 5.70. The van der Waals surface area contributed by atoms with Crippen LogP contribution in [0.2, 0.25) is 0 Å². The first kappa shape index (κ1) is 25.1. The predicted molar refractivity (Wildman–Crippen MR) is 118 cm³/mol. The second-order valence-corrected chi connectivity index (χ2v) is 7.95. The van der Waals surface area contributed by atoms with Crippen LogP contribution in [0.5, 0.6) is 5.75 Å².